The molecule has 0 bridgehead atoms. The van der Waals surface area contributed by atoms with Gasteiger partial charge in [0, 0.05) is 0 Å². The standard InChI is InChI=1S/C7H13N2.Al/c1-2-7(8)9-5-3-4-6-9;/h7H,1-6H2;. The Labute approximate surface area is 68.1 Å². The maximum atomic E-state index is 4.63. The fourth-order valence-corrected chi connectivity index (χ4v) is 2.99. The van der Waals surface area contributed by atoms with Crippen LogP contribution in [0.15, 0.2) is 3.93 Å². The summed E-state index contributed by atoms with van der Waals surface area (Å²) in [7, 11) is 0. The summed E-state index contributed by atoms with van der Waals surface area (Å²) in [6.07, 6.45) is 4.82. The van der Waals surface area contributed by atoms with Gasteiger partial charge in [-0.2, -0.15) is 0 Å². The van der Waals surface area contributed by atoms with Crippen LogP contribution in [0.25, 0.3) is 0 Å². The van der Waals surface area contributed by atoms with Crippen molar-refractivity contribution in [3.63, 3.8) is 0 Å². The first-order valence-corrected chi connectivity index (χ1v) is 5.56. The van der Waals surface area contributed by atoms with Crippen LogP contribution in [-0.4, -0.2) is 39.2 Å². The third-order valence-corrected chi connectivity index (χ3v) is 3.54. The van der Waals surface area contributed by atoms with Crippen LogP contribution in [0.2, 0.25) is 5.28 Å². The molecule has 2 nitrogen and oxygen atoms in total. The van der Waals surface area contributed by atoms with E-state index in [1.807, 2.05) is 0 Å². The molecule has 1 fully saturated rings. The van der Waals surface area contributed by atoms with Crippen molar-refractivity contribution in [2.24, 2.45) is 3.93 Å². The molecule has 0 aromatic heterocycles. The zero-order chi connectivity index (χ0) is 6.81. The van der Waals surface area contributed by atoms with Gasteiger partial charge in [-0.25, -0.2) is 0 Å². The molecule has 0 spiro atoms. The number of hydrogen-bond donors (Lipinski definition) is 0. The molecule has 0 radical (unpaired) electrons. The molecular formula is C7H13AlN2. The fourth-order valence-electron chi connectivity index (χ4n) is 1.81. The van der Waals surface area contributed by atoms with E-state index in [1.165, 1.54) is 37.6 Å². The van der Waals surface area contributed by atoms with E-state index in [0.29, 0.717) is 21.2 Å². The van der Waals surface area contributed by atoms with E-state index < -0.39 is 0 Å². The van der Waals surface area contributed by atoms with Gasteiger partial charge in [-0.1, -0.05) is 0 Å². The van der Waals surface area contributed by atoms with Crippen molar-refractivity contribution in [1.82, 2.24) is 4.90 Å². The molecule has 10 heavy (non-hydrogen) atoms. The molecule has 1 saturated heterocycles. The van der Waals surface area contributed by atoms with Crippen LogP contribution in [-0.2, 0) is 0 Å². The predicted molar refractivity (Wildman–Crippen MR) is 42.2 cm³/mol. The average Bonchev–Trinajstić information content (AvgIpc) is 2.59. The van der Waals surface area contributed by atoms with Gasteiger partial charge in [0.1, 0.15) is 0 Å². The molecule has 0 saturated carbocycles. The van der Waals surface area contributed by atoms with Gasteiger partial charge >= 0.3 is 67.7 Å². The van der Waals surface area contributed by atoms with Gasteiger partial charge in [-0.05, 0) is 0 Å². The summed E-state index contributed by atoms with van der Waals surface area (Å²) in [4.78, 5) is 2.56. The van der Waals surface area contributed by atoms with Gasteiger partial charge in [0.05, 0.1) is 0 Å². The van der Waals surface area contributed by atoms with Crippen molar-refractivity contribution >= 4 is 15.0 Å². The maximum absolute atomic E-state index is 4.63. The van der Waals surface area contributed by atoms with Gasteiger partial charge in [0.25, 0.3) is 0 Å². The monoisotopic (exact) mass is 152 g/mol. The van der Waals surface area contributed by atoms with Crippen LogP contribution in [0.5, 0.6) is 0 Å². The van der Waals surface area contributed by atoms with Crippen LogP contribution in [0.3, 0.4) is 0 Å². The molecule has 2 aliphatic rings. The molecule has 54 valence electrons. The van der Waals surface area contributed by atoms with Crippen molar-refractivity contribution in [2.75, 3.05) is 13.1 Å². The Kier molecular flexibility index (Phi) is 2.18. The number of likely N-dealkylation sites (tertiary alicyclic amines) is 1. The second kappa shape index (κ2) is 3.13. The van der Waals surface area contributed by atoms with E-state index in [2.05, 4.69) is 8.83 Å². The molecule has 2 rings (SSSR count). The molecule has 0 aliphatic carbocycles. The first-order valence-electron chi connectivity index (χ1n) is 4.22. The Morgan fingerprint density at radius 2 is 2.10 bits per heavy atom. The second-order valence-electron chi connectivity index (χ2n) is 3.13. The number of rotatable bonds is 1. The molecular weight excluding hydrogens is 139 g/mol. The first kappa shape index (κ1) is 6.97. The molecule has 0 amide bonds. The molecule has 1 atom stereocenters. The third kappa shape index (κ3) is 1.32. The van der Waals surface area contributed by atoms with Crippen molar-refractivity contribution in [3.05, 3.63) is 0 Å². The zero-order valence-corrected chi connectivity index (χ0v) is 7.45. The quantitative estimate of drug-likeness (QED) is 0.514. The summed E-state index contributed by atoms with van der Waals surface area (Å²) < 4.78 is 4.63. The molecule has 0 aromatic carbocycles. The van der Waals surface area contributed by atoms with Gasteiger partial charge in [-0.3, -0.25) is 0 Å². The van der Waals surface area contributed by atoms with Crippen molar-refractivity contribution < 1.29 is 0 Å². The Hall–Kier alpha value is 0.292. The Balaban J connectivity index is 1.91. The van der Waals surface area contributed by atoms with E-state index in [9.17, 15) is 0 Å². The predicted octanol–water partition coefficient (Wildman–Crippen LogP) is 1.12. The van der Waals surface area contributed by atoms with Crippen LogP contribution < -0.4 is 0 Å². The fraction of sp³-hybridized carbons (Fsp3) is 1.00. The normalized spacial score (nSPS) is 33.0. The van der Waals surface area contributed by atoms with E-state index in [-0.39, 0.29) is 0 Å². The number of nitrogens with zero attached hydrogens (tertiary/aromatic N) is 2. The SMILES string of the molecule is C1CCN(C2C[CH2][Al]=[N]2)C1. The minimum absolute atomic E-state index is 0.472. The number of hydrogen-bond acceptors (Lipinski definition) is 2. The molecule has 2 aliphatic heterocycles. The van der Waals surface area contributed by atoms with Gasteiger partial charge in [-0.15, -0.1) is 0 Å². The van der Waals surface area contributed by atoms with E-state index in [1.54, 1.807) is 0 Å². The molecule has 0 N–H and O–H groups in total. The summed E-state index contributed by atoms with van der Waals surface area (Å²) in [5.41, 5.74) is 0. The Bertz CT molecular complexity index is 141. The summed E-state index contributed by atoms with van der Waals surface area (Å²) in [6, 6.07) is 0. The minimum atomic E-state index is 0.472. The van der Waals surface area contributed by atoms with Crippen molar-refractivity contribution in [2.45, 2.75) is 30.7 Å². The van der Waals surface area contributed by atoms with Crippen LogP contribution >= 0.6 is 0 Å². The Morgan fingerprint density at radius 1 is 1.30 bits per heavy atom. The van der Waals surface area contributed by atoms with Gasteiger partial charge in [0.15, 0.2) is 0 Å². The zero-order valence-electron chi connectivity index (χ0n) is 6.29. The Morgan fingerprint density at radius 3 is 2.70 bits per heavy atom. The summed E-state index contributed by atoms with van der Waals surface area (Å²) in [6.45, 7) is 2.63. The molecule has 0 aromatic rings. The van der Waals surface area contributed by atoms with Crippen LogP contribution in [0, 0.1) is 0 Å². The topological polar surface area (TPSA) is 15.6 Å². The van der Waals surface area contributed by atoms with Gasteiger partial charge < -0.3 is 0 Å². The van der Waals surface area contributed by atoms with Crippen molar-refractivity contribution in [1.29, 1.82) is 0 Å². The van der Waals surface area contributed by atoms with Gasteiger partial charge in [0.2, 0.25) is 0 Å². The van der Waals surface area contributed by atoms with Crippen LogP contribution in [0.1, 0.15) is 19.3 Å². The summed E-state index contributed by atoms with van der Waals surface area (Å²) >= 11 is 0.472. The van der Waals surface area contributed by atoms with Crippen molar-refractivity contribution in [3.8, 4) is 0 Å². The summed E-state index contributed by atoms with van der Waals surface area (Å²) in [5, 5.41) is 1.40. The van der Waals surface area contributed by atoms with Crippen LogP contribution in [0.4, 0.5) is 0 Å². The second-order valence-corrected chi connectivity index (χ2v) is 4.37. The molecule has 2 heterocycles. The third-order valence-electron chi connectivity index (χ3n) is 2.39. The molecule has 1 unspecified atom stereocenters. The van der Waals surface area contributed by atoms with E-state index in [0.717, 1.165) is 0 Å². The van der Waals surface area contributed by atoms with E-state index >= 15 is 0 Å². The first-order chi connectivity index (χ1) is 4.97. The van der Waals surface area contributed by atoms with E-state index in [4.69, 9.17) is 0 Å². The molecule has 3 heteroatoms. The average molecular weight is 152 g/mol. The summed E-state index contributed by atoms with van der Waals surface area (Å²) in [5.74, 6) is 0.